The lowest BCUT2D eigenvalue weighted by molar-refractivity contribution is -0.156. The average Bonchev–Trinajstić information content (AvgIpc) is 3.09. The van der Waals surface area contributed by atoms with Crippen LogP contribution in [0.2, 0.25) is 0 Å². The van der Waals surface area contributed by atoms with E-state index in [0.717, 1.165) is 95.4 Å². The Hall–Kier alpha value is -1.38. The molecule has 5 unspecified atom stereocenters. The van der Waals surface area contributed by atoms with E-state index in [4.69, 9.17) is 26.8 Å². The minimum Gasteiger partial charge on any atom is -0.389 e. The fourth-order valence-corrected chi connectivity index (χ4v) is 8.13. The molecule has 1 saturated heterocycles. The van der Waals surface area contributed by atoms with Gasteiger partial charge in [-0.15, -0.1) is 6.58 Å². The molecule has 1 fully saturated rings. The SMILES string of the molecule is C=CC1C(CCCOC(C)(C)C(N)=O)OCC2=C(CCCN2)C1CCCN1CCC(O)(C2CC=C(Cl)CC2)C(C)(C)C1. The van der Waals surface area contributed by atoms with Crippen molar-refractivity contribution >= 4 is 17.5 Å². The third-order valence-corrected chi connectivity index (χ3v) is 11.1. The number of nitrogens with zero attached hydrogens (tertiary/aromatic N) is 1. The lowest BCUT2D eigenvalue weighted by Crippen LogP contribution is -2.61. The summed E-state index contributed by atoms with van der Waals surface area (Å²) in [5, 5.41) is 16.5. The maximum Gasteiger partial charge on any atom is 0.249 e. The van der Waals surface area contributed by atoms with E-state index in [1.807, 2.05) is 0 Å². The molecule has 0 aromatic heterocycles. The maximum absolute atomic E-state index is 11.9. The number of ether oxygens (including phenoxy) is 2. The van der Waals surface area contributed by atoms with Crippen molar-refractivity contribution < 1.29 is 19.4 Å². The summed E-state index contributed by atoms with van der Waals surface area (Å²) in [5.41, 5.74) is 6.49. The molecule has 0 aromatic rings. The van der Waals surface area contributed by atoms with Crippen LogP contribution in [0, 0.1) is 23.2 Å². The number of primary amides is 1. The molecule has 4 rings (SSSR count). The summed E-state index contributed by atoms with van der Waals surface area (Å²) >= 11 is 6.25. The number of nitrogens with one attached hydrogen (secondary N) is 1. The van der Waals surface area contributed by atoms with Gasteiger partial charge < -0.3 is 30.5 Å². The average molecular weight is 606 g/mol. The molecule has 0 bridgehead atoms. The molecular weight excluding hydrogens is 550 g/mol. The van der Waals surface area contributed by atoms with Crippen LogP contribution >= 0.6 is 11.6 Å². The second-order valence-corrected chi connectivity index (χ2v) is 14.8. The third kappa shape index (κ3) is 7.63. The lowest BCUT2D eigenvalue weighted by Gasteiger charge is -2.54. The largest absolute Gasteiger partial charge is 0.389 e. The highest BCUT2D eigenvalue weighted by atomic mass is 35.5. The zero-order valence-corrected chi connectivity index (χ0v) is 27.3. The minimum absolute atomic E-state index is 0.0576. The quantitative estimate of drug-likeness (QED) is 0.196. The Labute approximate surface area is 259 Å². The summed E-state index contributed by atoms with van der Waals surface area (Å²) in [7, 11) is 0. The number of nitrogens with two attached hydrogens (primary N) is 1. The van der Waals surface area contributed by atoms with Crippen molar-refractivity contribution in [2.24, 2.45) is 28.9 Å². The standard InChI is InChI=1S/C34H56ClN3O4/c1-6-26-27(11-8-19-38-20-17-34(40,32(2,3)23-38)24-13-15-25(35)16-14-24)28-10-7-18-37-29(28)22-41-30(26)12-9-21-42-33(4,5)31(36)39/h6,15,24,26-27,30,37,40H,1,7-14,16-23H2,2-5H3,(H2,36,39). The fourth-order valence-electron chi connectivity index (χ4n) is 7.93. The number of carbonyl (C=O) groups excluding carboxylic acids is 1. The first-order chi connectivity index (χ1) is 19.9. The Morgan fingerprint density at radius 1 is 1.33 bits per heavy atom. The number of rotatable bonds is 12. The Bertz CT molecular complexity index is 1020. The van der Waals surface area contributed by atoms with Gasteiger partial charge >= 0.3 is 0 Å². The zero-order valence-electron chi connectivity index (χ0n) is 26.6. The molecule has 4 aliphatic rings. The van der Waals surface area contributed by atoms with Gasteiger partial charge in [-0.05, 0) is 102 Å². The van der Waals surface area contributed by atoms with Gasteiger partial charge in [-0.3, -0.25) is 4.79 Å². The fraction of sp³-hybridized carbons (Fsp3) is 0.794. The lowest BCUT2D eigenvalue weighted by atomic mass is 9.61. The molecule has 1 aliphatic carbocycles. The monoisotopic (exact) mass is 605 g/mol. The van der Waals surface area contributed by atoms with Gasteiger partial charge in [0.25, 0.3) is 0 Å². The number of carbonyl (C=O) groups is 1. The number of amides is 1. The number of hydrogen-bond acceptors (Lipinski definition) is 6. The second kappa shape index (κ2) is 14.2. The summed E-state index contributed by atoms with van der Waals surface area (Å²) in [5.74, 6) is 0.466. The van der Waals surface area contributed by atoms with Crippen LogP contribution in [0.3, 0.4) is 0 Å². The van der Waals surface area contributed by atoms with Crippen LogP contribution in [0.4, 0.5) is 0 Å². The van der Waals surface area contributed by atoms with Gasteiger partial charge in [0.2, 0.25) is 5.91 Å². The Morgan fingerprint density at radius 3 is 2.79 bits per heavy atom. The second-order valence-electron chi connectivity index (χ2n) is 14.3. The van der Waals surface area contributed by atoms with Crippen LogP contribution < -0.4 is 11.1 Å². The summed E-state index contributed by atoms with van der Waals surface area (Å²) < 4.78 is 12.3. The summed E-state index contributed by atoms with van der Waals surface area (Å²) in [6.45, 7) is 17.2. The van der Waals surface area contributed by atoms with E-state index in [0.29, 0.717) is 19.1 Å². The molecule has 0 spiro atoms. The molecule has 0 aromatic carbocycles. The molecule has 5 atom stereocenters. The number of halogens is 1. The first-order valence-electron chi connectivity index (χ1n) is 16.3. The van der Waals surface area contributed by atoms with Crippen LogP contribution in [0.25, 0.3) is 0 Å². The van der Waals surface area contributed by atoms with Gasteiger partial charge in [0.15, 0.2) is 0 Å². The van der Waals surface area contributed by atoms with Gasteiger partial charge in [-0.25, -0.2) is 0 Å². The van der Waals surface area contributed by atoms with Gasteiger partial charge in [-0.1, -0.05) is 37.6 Å². The summed E-state index contributed by atoms with van der Waals surface area (Å²) in [6, 6.07) is 0. The van der Waals surface area contributed by atoms with E-state index in [1.165, 1.54) is 11.3 Å². The molecule has 0 radical (unpaired) electrons. The highest BCUT2D eigenvalue weighted by Crippen LogP contribution is 2.48. The summed E-state index contributed by atoms with van der Waals surface area (Å²) in [6.07, 6.45) is 14.0. The predicted molar refractivity (Wildman–Crippen MR) is 170 cm³/mol. The number of likely N-dealkylation sites (tertiary alicyclic amines) is 1. The molecule has 3 aliphatic heterocycles. The minimum atomic E-state index is -0.963. The first kappa shape index (κ1) is 33.5. The van der Waals surface area contributed by atoms with Crippen molar-refractivity contribution in [2.75, 3.05) is 39.4 Å². The van der Waals surface area contributed by atoms with E-state index >= 15 is 0 Å². The first-order valence-corrected chi connectivity index (χ1v) is 16.7. The van der Waals surface area contributed by atoms with Gasteiger partial charge in [0, 0.05) is 48.3 Å². The molecule has 4 N–H and O–H groups in total. The van der Waals surface area contributed by atoms with E-state index in [1.54, 1.807) is 13.8 Å². The maximum atomic E-state index is 11.9. The normalized spacial score (nSPS) is 32.4. The van der Waals surface area contributed by atoms with E-state index in [9.17, 15) is 9.90 Å². The molecule has 3 heterocycles. The molecule has 7 nitrogen and oxygen atoms in total. The molecule has 8 heteroatoms. The van der Waals surface area contributed by atoms with Gasteiger partial charge in [-0.2, -0.15) is 0 Å². The molecule has 0 saturated carbocycles. The highest BCUT2D eigenvalue weighted by Gasteiger charge is 2.52. The summed E-state index contributed by atoms with van der Waals surface area (Å²) in [4.78, 5) is 14.2. The van der Waals surface area contributed by atoms with Crippen molar-refractivity contribution in [1.82, 2.24) is 10.2 Å². The number of allylic oxidation sites excluding steroid dienone is 3. The molecule has 1 amide bonds. The van der Waals surface area contributed by atoms with Crippen molar-refractivity contribution in [2.45, 2.75) is 109 Å². The van der Waals surface area contributed by atoms with E-state index < -0.39 is 17.1 Å². The van der Waals surface area contributed by atoms with Crippen LogP contribution in [0.1, 0.15) is 91.9 Å². The number of piperidine rings is 1. The molecule has 238 valence electrons. The van der Waals surface area contributed by atoms with Gasteiger partial charge in [0.1, 0.15) is 5.60 Å². The smallest absolute Gasteiger partial charge is 0.249 e. The topological polar surface area (TPSA) is 97.0 Å². The third-order valence-electron chi connectivity index (χ3n) is 10.7. The van der Waals surface area contributed by atoms with Crippen molar-refractivity contribution in [3.05, 3.63) is 35.0 Å². The van der Waals surface area contributed by atoms with Crippen molar-refractivity contribution in [3.8, 4) is 0 Å². The van der Waals surface area contributed by atoms with Crippen LogP contribution in [-0.2, 0) is 14.3 Å². The number of aliphatic hydroxyl groups is 1. The molecule has 42 heavy (non-hydrogen) atoms. The van der Waals surface area contributed by atoms with Gasteiger partial charge in [0.05, 0.1) is 18.3 Å². The van der Waals surface area contributed by atoms with Crippen LogP contribution in [0.15, 0.2) is 35.0 Å². The predicted octanol–water partition coefficient (Wildman–Crippen LogP) is 5.67. The van der Waals surface area contributed by atoms with E-state index in [-0.39, 0.29) is 23.4 Å². The van der Waals surface area contributed by atoms with E-state index in [2.05, 4.69) is 42.8 Å². The Morgan fingerprint density at radius 2 is 2.12 bits per heavy atom. The van der Waals surface area contributed by atoms with Crippen LogP contribution in [-0.4, -0.2) is 72.6 Å². The Kier molecular flexibility index (Phi) is 11.3. The van der Waals surface area contributed by atoms with Crippen molar-refractivity contribution in [1.29, 1.82) is 0 Å². The molecular formula is C34H56ClN3O4. The zero-order chi connectivity index (χ0) is 30.5. The Balaban J connectivity index is 1.36. The number of hydrogen-bond donors (Lipinski definition) is 3. The van der Waals surface area contributed by atoms with Crippen LogP contribution in [0.5, 0.6) is 0 Å². The van der Waals surface area contributed by atoms with Crippen molar-refractivity contribution in [3.63, 3.8) is 0 Å². The highest BCUT2D eigenvalue weighted by molar-refractivity contribution is 6.29.